The maximum Gasteiger partial charge on any atom is 0.407 e. The molecule has 2 heterocycles. The summed E-state index contributed by atoms with van der Waals surface area (Å²) in [6.45, 7) is 14.2. The van der Waals surface area contributed by atoms with Crippen molar-refractivity contribution in [1.82, 2.24) is 14.8 Å². The monoisotopic (exact) mass is 527 g/mol. The lowest BCUT2D eigenvalue weighted by Gasteiger charge is -2.22. The van der Waals surface area contributed by atoms with Crippen molar-refractivity contribution in [3.05, 3.63) is 33.9 Å². The van der Waals surface area contributed by atoms with Gasteiger partial charge in [0.25, 0.3) is 5.91 Å². The zero-order valence-electron chi connectivity index (χ0n) is 20.8. The van der Waals surface area contributed by atoms with Gasteiger partial charge in [-0.1, -0.05) is 42.8 Å². The van der Waals surface area contributed by atoms with Crippen LogP contribution in [0.2, 0.25) is 35.7 Å². The van der Waals surface area contributed by atoms with Gasteiger partial charge in [-0.05, 0) is 51.4 Å². The van der Waals surface area contributed by atoms with Gasteiger partial charge in [-0.2, -0.15) is 0 Å². The summed E-state index contributed by atoms with van der Waals surface area (Å²) >= 11 is 12.7. The Balaban J connectivity index is 1.77. The van der Waals surface area contributed by atoms with Gasteiger partial charge in [0.1, 0.15) is 18.0 Å². The topological polar surface area (TPSA) is 72.8 Å². The number of nitrogens with one attached hydrogen (secondary N) is 1. The van der Waals surface area contributed by atoms with Crippen molar-refractivity contribution in [2.45, 2.75) is 71.3 Å². The zero-order valence-corrected chi connectivity index (χ0v) is 23.3. The Morgan fingerprint density at radius 1 is 1.21 bits per heavy atom. The molecule has 2 amide bonds. The van der Waals surface area contributed by atoms with Gasteiger partial charge >= 0.3 is 6.09 Å². The van der Waals surface area contributed by atoms with Crippen LogP contribution in [-0.4, -0.2) is 60.9 Å². The van der Waals surface area contributed by atoms with Gasteiger partial charge in [0.05, 0.1) is 21.6 Å². The lowest BCUT2D eigenvalue weighted by molar-refractivity contribution is 0.0501. The third-order valence-corrected chi connectivity index (χ3v) is 8.13. The Kier molecular flexibility index (Phi) is 8.28. The number of fused-ring (bicyclic) bond motifs is 1. The molecule has 0 unspecified atom stereocenters. The van der Waals surface area contributed by atoms with Crippen molar-refractivity contribution in [2.75, 3.05) is 19.7 Å². The smallest absolute Gasteiger partial charge is 0.407 e. The van der Waals surface area contributed by atoms with E-state index >= 15 is 0 Å². The summed E-state index contributed by atoms with van der Waals surface area (Å²) in [7, 11) is -1.24. The number of hydrogen-bond acceptors (Lipinski definition) is 4. The number of ether oxygens (including phenoxy) is 2. The number of amides is 2. The van der Waals surface area contributed by atoms with Crippen molar-refractivity contribution in [3.8, 4) is 0 Å². The number of nitrogens with zero attached hydrogens (tertiary/aromatic N) is 2. The second kappa shape index (κ2) is 10.5. The largest absolute Gasteiger partial charge is 0.444 e. The Morgan fingerprint density at radius 2 is 1.91 bits per heavy atom. The summed E-state index contributed by atoms with van der Waals surface area (Å²) in [6, 6.07) is 6.24. The summed E-state index contributed by atoms with van der Waals surface area (Å²) in [5, 5.41) is 4.44. The first kappa shape index (κ1) is 26.9. The molecule has 3 rings (SSSR count). The van der Waals surface area contributed by atoms with Crippen LogP contribution in [0, 0.1) is 0 Å². The SMILES string of the molecule is CC(C)(C)OC(=O)N[C@@H]1CCN(C(=O)c2cc3c(Cl)c(Cl)ccc3n2COCC[Si](C)(C)C)C1. The quantitative estimate of drug-likeness (QED) is 0.354. The van der Waals surface area contributed by atoms with Crippen LogP contribution in [-0.2, 0) is 16.2 Å². The van der Waals surface area contributed by atoms with Crippen LogP contribution in [0.25, 0.3) is 10.9 Å². The van der Waals surface area contributed by atoms with E-state index in [1.54, 1.807) is 17.0 Å². The average molecular weight is 529 g/mol. The highest BCUT2D eigenvalue weighted by atomic mass is 35.5. The molecule has 34 heavy (non-hydrogen) atoms. The van der Waals surface area contributed by atoms with Gasteiger partial charge in [-0.3, -0.25) is 4.79 Å². The fraction of sp³-hybridized carbons (Fsp3) is 0.583. The molecule has 1 aromatic carbocycles. The van der Waals surface area contributed by atoms with E-state index in [0.717, 1.165) is 11.6 Å². The number of hydrogen-bond donors (Lipinski definition) is 1. The molecule has 0 saturated carbocycles. The number of halogens is 2. The number of carbonyl (C=O) groups excluding carboxylic acids is 2. The number of likely N-dealkylation sites (tertiary alicyclic amines) is 1. The maximum absolute atomic E-state index is 13.5. The maximum atomic E-state index is 13.5. The molecule has 1 aromatic heterocycles. The first-order valence-electron chi connectivity index (χ1n) is 11.6. The van der Waals surface area contributed by atoms with E-state index in [-0.39, 0.29) is 18.7 Å². The number of rotatable bonds is 7. The molecule has 0 aliphatic carbocycles. The number of carbonyl (C=O) groups is 2. The minimum atomic E-state index is -1.24. The molecule has 1 N–H and O–H groups in total. The summed E-state index contributed by atoms with van der Waals surface area (Å²) in [5.74, 6) is -0.134. The summed E-state index contributed by atoms with van der Waals surface area (Å²) < 4.78 is 13.2. The highest BCUT2D eigenvalue weighted by Crippen LogP contribution is 2.34. The highest BCUT2D eigenvalue weighted by molar-refractivity contribution is 6.76. The second-order valence-electron chi connectivity index (χ2n) is 11.0. The van der Waals surface area contributed by atoms with Crippen molar-refractivity contribution in [3.63, 3.8) is 0 Å². The molecular weight excluding hydrogens is 493 g/mol. The Morgan fingerprint density at radius 3 is 2.56 bits per heavy atom. The van der Waals surface area contributed by atoms with Gasteiger partial charge in [0, 0.05) is 33.2 Å². The minimum Gasteiger partial charge on any atom is -0.444 e. The van der Waals surface area contributed by atoms with Crippen LogP contribution in [0.15, 0.2) is 18.2 Å². The lowest BCUT2D eigenvalue weighted by atomic mass is 10.2. The highest BCUT2D eigenvalue weighted by Gasteiger charge is 2.31. The van der Waals surface area contributed by atoms with Gasteiger partial charge in [-0.25, -0.2) is 4.79 Å². The van der Waals surface area contributed by atoms with Gasteiger partial charge in [0.2, 0.25) is 0 Å². The van der Waals surface area contributed by atoms with Gasteiger partial charge in [0.15, 0.2) is 0 Å². The molecule has 188 valence electrons. The van der Waals surface area contributed by atoms with Crippen LogP contribution in [0.4, 0.5) is 4.79 Å². The first-order valence-corrected chi connectivity index (χ1v) is 16.1. The Labute approximate surface area is 212 Å². The fourth-order valence-electron chi connectivity index (χ4n) is 3.82. The molecule has 0 spiro atoms. The molecule has 2 aromatic rings. The standard InChI is InChI=1S/C24H35Cl2N3O4Si/c1-24(2,3)33-23(31)27-16-9-10-28(14-16)22(30)20-13-17-19(8-7-18(25)21(17)26)29(20)15-32-11-12-34(4,5)6/h7-8,13,16H,9-12,14-15H2,1-6H3,(H,27,31)/t16-/m1/s1. The molecule has 0 radical (unpaired) electrons. The number of benzene rings is 1. The normalized spacial score (nSPS) is 16.8. The summed E-state index contributed by atoms with van der Waals surface area (Å²) in [4.78, 5) is 27.4. The molecular formula is C24H35Cl2N3O4Si. The van der Waals surface area contributed by atoms with E-state index in [1.807, 2.05) is 31.4 Å². The van der Waals surface area contributed by atoms with E-state index in [0.29, 0.717) is 47.2 Å². The zero-order chi connectivity index (χ0) is 25.3. The number of alkyl carbamates (subject to hydrolysis) is 1. The molecule has 0 bridgehead atoms. The molecule has 7 nitrogen and oxygen atoms in total. The van der Waals surface area contributed by atoms with Gasteiger partial charge < -0.3 is 24.3 Å². The van der Waals surface area contributed by atoms with Crippen LogP contribution in [0.3, 0.4) is 0 Å². The van der Waals surface area contributed by atoms with E-state index in [1.165, 1.54) is 0 Å². The fourth-order valence-corrected chi connectivity index (χ4v) is 4.96. The van der Waals surface area contributed by atoms with Crippen LogP contribution in [0.1, 0.15) is 37.7 Å². The van der Waals surface area contributed by atoms with E-state index < -0.39 is 19.8 Å². The lowest BCUT2D eigenvalue weighted by Crippen LogP contribution is -2.41. The summed E-state index contributed by atoms with van der Waals surface area (Å²) in [6.07, 6.45) is 0.183. The predicted molar refractivity (Wildman–Crippen MR) is 140 cm³/mol. The summed E-state index contributed by atoms with van der Waals surface area (Å²) in [5.41, 5.74) is 0.716. The number of aromatic nitrogens is 1. The van der Waals surface area contributed by atoms with E-state index in [4.69, 9.17) is 32.7 Å². The Bertz CT molecular complexity index is 1060. The molecule has 1 saturated heterocycles. The molecule has 1 atom stereocenters. The molecule has 1 aliphatic rings. The van der Waals surface area contributed by atoms with E-state index in [9.17, 15) is 9.59 Å². The predicted octanol–water partition coefficient (Wildman–Crippen LogP) is 6.00. The molecule has 1 fully saturated rings. The Hall–Kier alpha value is -1.74. The third kappa shape index (κ3) is 6.90. The van der Waals surface area contributed by atoms with Crippen LogP contribution >= 0.6 is 23.2 Å². The van der Waals surface area contributed by atoms with Crippen LogP contribution in [0.5, 0.6) is 0 Å². The van der Waals surface area contributed by atoms with Crippen molar-refractivity contribution in [2.24, 2.45) is 0 Å². The van der Waals surface area contributed by atoms with E-state index in [2.05, 4.69) is 25.0 Å². The molecule has 10 heteroatoms. The third-order valence-electron chi connectivity index (χ3n) is 5.60. The van der Waals surface area contributed by atoms with Gasteiger partial charge in [-0.15, -0.1) is 0 Å². The van der Waals surface area contributed by atoms with Crippen molar-refractivity contribution < 1.29 is 19.1 Å². The van der Waals surface area contributed by atoms with Crippen LogP contribution < -0.4 is 5.32 Å². The second-order valence-corrected chi connectivity index (χ2v) is 17.4. The van der Waals surface area contributed by atoms with Crippen molar-refractivity contribution >= 4 is 54.2 Å². The first-order chi connectivity index (χ1) is 15.7. The van der Waals surface area contributed by atoms with Crippen molar-refractivity contribution in [1.29, 1.82) is 0 Å². The minimum absolute atomic E-state index is 0.134. The average Bonchev–Trinajstić information content (AvgIpc) is 3.30. The molecule has 1 aliphatic heterocycles.